The number of hydrogen-bond acceptors (Lipinski definition) is 2. The van der Waals surface area contributed by atoms with E-state index in [1.54, 1.807) is 0 Å². The topological polar surface area (TPSA) is 41.6 Å². The maximum atomic E-state index is 12.9. The molecule has 0 aromatic carbocycles. The van der Waals surface area contributed by atoms with Crippen molar-refractivity contribution in [3.63, 3.8) is 0 Å². The molecule has 0 bridgehead atoms. The minimum Gasteiger partial charge on any atom is -0.343 e. The van der Waals surface area contributed by atoms with E-state index >= 15 is 0 Å². The summed E-state index contributed by atoms with van der Waals surface area (Å²) in [5.74, 6) is -4.92. The number of alkyl halides is 5. The smallest absolute Gasteiger partial charge is 0.343 e. The van der Waals surface area contributed by atoms with Crippen LogP contribution in [0.3, 0.4) is 0 Å². The van der Waals surface area contributed by atoms with E-state index in [0.717, 1.165) is 6.33 Å². The molecule has 2 heterocycles. The van der Waals surface area contributed by atoms with Gasteiger partial charge in [-0.25, -0.2) is 9.97 Å². The quantitative estimate of drug-likeness (QED) is 0.774. The number of H-pyrrole nitrogens is 1. The molecule has 3 nitrogen and oxygen atoms in total. The van der Waals surface area contributed by atoms with Gasteiger partial charge in [-0.1, -0.05) is 0 Å². The summed E-state index contributed by atoms with van der Waals surface area (Å²) >= 11 is 0. The Hall–Kier alpha value is -1.73. The van der Waals surface area contributed by atoms with Crippen LogP contribution >= 0.6 is 0 Å². The van der Waals surface area contributed by atoms with Crippen molar-refractivity contribution in [2.24, 2.45) is 0 Å². The number of nitrogens with zero attached hydrogens (tertiary/aromatic N) is 2. The fourth-order valence-corrected chi connectivity index (χ4v) is 1.16. The van der Waals surface area contributed by atoms with Crippen LogP contribution in [0.4, 0.5) is 22.0 Å². The maximum absolute atomic E-state index is 12.9. The second-order valence-electron chi connectivity index (χ2n) is 3.07. The van der Waals surface area contributed by atoms with E-state index in [9.17, 15) is 22.0 Å². The number of halogens is 5. The summed E-state index contributed by atoms with van der Waals surface area (Å²) in [5, 5.41) is 0. The monoisotopic (exact) mass is 237 g/mol. The molecule has 0 amide bonds. The average Bonchev–Trinajstić information content (AvgIpc) is 2.61. The van der Waals surface area contributed by atoms with Gasteiger partial charge in [0, 0.05) is 6.20 Å². The molecule has 1 N–H and O–H groups in total. The minimum absolute atomic E-state index is 0.0291. The zero-order valence-corrected chi connectivity index (χ0v) is 7.52. The van der Waals surface area contributed by atoms with Crippen molar-refractivity contribution >= 4 is 11.2 Å². The molecule has 2 aromatic rings. The van der Waals surface area contributed by atoms with E-state index in [1.165, 1.54) is 0 Å². The van der Waals surface area contributed by atoms with Crippen molar-refractivity contribution in [2.75, 3.05) is 0 Å². The molecular formula is C8H4F5N3. The SMILES string of the molecule is FC(F)(F)C(F)(F)c1cnc2nc[nH]c2c1. The first-order valence-electron chi connectivity index (χ1n) is 4.06. The van der Waals surface area contributed by atoms with E-state index in [-0.39, 0.29) is 11.2 Å². The third-order valence-corrected chi connectivity index (χ3v) is 1.99. The lowest BCUT2D eigenvalue weighted by Gasteiger charge is -2.19. The second-order valence-corrected chi connectivity index (χ2v) is 3.07. The van der Waals surface area contributed by atoms with E-state index in [1.807, 2.05) is 0 Å². The highest BCUT2D eigenvalue weighted by atomic mass is 19.4. The van der Waals surface area contributed by atoms with Crippen LogP contribution in [0.25, 0.3) is 11.2 Å². The summed E-state index contributed by atoms with van der Waals surface area (Å²) in [7, 11) is 0. The van der Waals surface area contributed by atoms with Crippen molar-refractivity contribution in [2.45, 2.75) is 12.1 Å². The molecule has 0 spiro atoms. The van der Waals surface area contributed by atoms with Crippen LogP contribution in [0, 0.1) is 0 Å². The number of aromatic nitrogens is 3. The Kier molecular flexibility index (Phi) is 2.11. The number of rotatable bonds is 1. The third-order valence-electron chi connectivity index (χ3n) is 1.99. The van der Waals surface area contributed by atoms with E-state index < -0.39 is 17.7 Å². The molecular weight excluding hydrogens is 233 g/mol. The van der Waals surface area contributed by atoms with Gasteiger partial charge in [-0.15, -0.1) is 0 Å². The molecule has 0 saturated carbocycles. The first-order valence-corrected chi connectivity index (χ1v) is 4.06. The van der Waals surface area contributed by atoms with E-state index in [4.69, 9.17) is 0 Å². The normalized spacial score (nSPS) is 13.3. The van der Waals surface area contributed by atoms with E-state index in [0.29, 0.717) is 12.3 Å². The van der Waals surface area contributed by atoms with Gasteiger partial charge in [0.15, 0.2) is 5.65 Å². The van der Waals surface area contributed by atoms with E-state index in [2.05, 4.69) is 15.0 Å². The molecule has 0 radical (unpaired) electrons. The largest absolute Gasteiger partial charge is 0.458 e. The molecule has 8 heteroatoms. The summed E-state index contributed by atoms with van der Waals surface area (Å²) in [6, 6.07) is 0.683. The zero-order valence-electron chi connectivity index (χ0n) is 7.52. The number of imidazole rings is 1. The lowest BCUT2D eigenvalue weighted by Crippen LogP contribution is -2.33. The Bertz CT molecular complexity index is 516. The van der Waals surface area contributed by atoms with Crippen LogP contribution in [0.1, 0.15) is 5.56 Å². The Balaban J connectivity index is 2.54. The van der Waals surface area contributed by atoms with Crippen LogP contribution in [-0.2, 0) is 5.92 Å². The van der Waals surface area contributed by atoms with Crippen molar-refractivity contribution in [1.29, 1.82) is 0 Å². The number of pyridine rings is 1. The van der Waals surface area contributed by atoms with Gasteiger partial charge in [0.1, 0.15) is 0 Å². The Morgan fingerprint density at radius 1 is 1.06 bits per heavy atom. The Labute approximate surface area is 85.3 Å². The number of hydrogen-bond donors (Lipinski definition) is 1. The van der Waals surface area contributed by atoms with Gasteiger partial charge in [0.05, 0.1) is 17.4 Å². The average molecular weight is 237 g/mol. The van der Waals surface area contributed by atoms with Crippen LogP contribution in [0.2, 0.25) is 0 Å². The van der Waals surface area contributed by atoms with Crippen molar-refractivity contribution in [1.82, 2.24) is 15.0 Å². The molecule has 0 fully saturated rings. The predicted octanol–water partition coefficient (Wildman–Crippen LogP) is 2.61. The number of aromatic amines is 1. The fraction of sp³-hybridized carbons (Fsp3) is 0.250. The lowest BCUT2D eigenvalue weighted by atomic mass is 10.1. The number of nitrogens with one attached hydrogen (secondary N) is 1. The maximum Gasteiger partial charge on any atom is 0.458 e. The van der Waals surface area contributed by atoms with Crippen LogP contribution < -0.4 is 0 Å². The zero-order chi connectivity index (χ0) is 12.0. The molecule has 0 aliphatic heterocycles. The van der Waals surface area contributed by atoms with Crippen LogP contribution in [0.15, 0.2) is 18.6 Å². The first kappa shape index (κ1) is 10.8. The van der Waals surface area contributed by atoms with Gasteiger partial charge < -0.3 is 4.98 Å². The summed E-state index contributed by atoms with van der Waals surface area (Å²) in [4.78, 5) is 9.42. The number of fused-ring (bicyclic) bond motifs is 1. The molecule has 0 saturated heterocycles. The second kappa shape index (κ2) is 3.13. The van der Waals surface area contributed by atoms with Gasteiger partial charge in [0.2, 0.25) is 0 Å². The van der Waals surface area contributed by atoms with Gasteiger partial charge in [-0.2, -0.15) is 22.0 Å². The fourth-order valence-electron chi connectivity index (χ4n) is 1.16. The molecule has 0 aliphatic rings. The van der Waals surface area contributed by atoms with Crippen molar-refractivity contribution < 1.29 is 22.0 Å². The minimum atomic E-state index is -5.64. The Morgan fingerprint density at radius 3 is 2.38 bits per heavy atom. The van der Waals surface area contributed by atoms with Crippen LogP contribution in [0.5, 0.6) is 0 Å². The van der Waals surface area contributed by atoms with Gasteiger partial charge in [-0.05, 0) is 6.07 Å². The highest BCUT2D eigenvalue weighted by Gasteiger charge is 2.59. The molecule has 86 valence electrons. The van der Waals surface area contributed by atoms with Crippen molar-refractivity contribution in [3.05, 3.63) is 24.2 Å². The van der Waals surface area contributed by atoms with Crippen molar-refractivity contribution in [3.8, 4) is 0 Å². The lowest BCUT2D eigenvalue weighted by molar-refractivity contribution is -0.289. The summed E-state index contributed by atoms with van der Waals surface area (Å²) in [6.07, 6.45) is -4.01. The van der Waals surface area contributed by atoms with Gasteiger partial charge >= 0.3 is 12.1 Å². The molecule has 2 rings (SSSR count). The van der Waals surface area contributed by atoms with Gasteiger partial charge in [0.25, 0.3) is 0 Å². The molecule has 0 unspecified atom stereocenters. The highest BCUT2D eigenvalue weighted by Crippen LogP contribution is 2.43. The molecule has 0 aliphatic carbocycles. The first-order chi connectivity index (χ1) is 7.32. The standard InChI is InChI=1S/C8H4F5N3/c9-7(10,8(11,12)13)4-1-5-6(14-2-4)16-3-15-5/h1-3H,(H,14,15,16). The Morgan fingerprint density at radius 2 is 1.75 bits per heavy atom. The summed E-state index contributed by atoms with van der Waals surface area (Å²) in [6.45, 7) is 0. The molecule has 2 aromatic heterocycles. The van der Waals surface area contributed by atoms with Crippen LogP contribution in [-0.4, -0.2) is 21.1 Å². The third kappa shape index (κ3) is 1.50. The predicted molar refractivity (Wildman–Crippen MR) is 43.8 cm³/mol. The summed E-state index contributed by atoms with van der Waals surface area (Å²) < 4.78 is 61.9. The summed E-state index contributed by atoms with van der Waals surface area (Å²) in [5.41, 5.74) is -1.10. The molecule has 16 heavy (non-hydrogen) atoms. The highest BCUT2D eigenvalue weighted by molar-refractivity contribution is 5.70. The van der Waals surface area contributed by atoms with Gasteiger partial charge in [-0.3, -0.25) is 0 Å². The molecule has 0 atom stereocenters.